The van der Waals surface area contributed by atoms with Gasteiger partial charge in [-0.3, -0.25) is 4.79 Å². The summed E-state index contributed by atoms with van der Waals surface area (Å²) in [6.45, 7) is 2.36. The first-order valence-electron chi connectivity index (χ1n) is 6.72. The minimum absolute atomic E-state index is 0.0936. The molecule has 1 aromatic rings. The van der Waals surface area contributed by atoms with E-state index >= 15 is 0 Å². The van der Waals surface area contributed by atoms with E-state index in [-0.39, 0.29) is 12.5 Å². The van der Waals surface area contributed by atoms with Gasteiger partial charge in [0.1, 0.15) is 5.75 Å². The van der Waals surface area contributed by atoms with Crippen LogP contribution < -0.4 is 15.4 Å². The predicted octanol–water partition coefficient (Wildman–Crippen LogP) is 1.52. The average molecular weight is 261 g/mol. The van der Waals surface area contributed by atoms with Gasteiger partial charge in [0.25, 0.3) is 5.91 Å². The minimum atomic E-state index is -0.0936. The monoisotopic (exact) mass is 261 g/mol. The largest absolute Gasteiger partial charge is 0.482 e. The molecule has 2 aliphatic heterocycles. The van der Waals surface area contributed by atoms with Crippen molar-refractivity contribution in [1.29, 1.82) is 0 Å². The average Bonchev–Trinajstić information content (AvgIpc) is 2.41. The molecule has 2 N–H and O–H groups in total. The molecule has 5 heteroatoms. The molecule has 0 aromatic heterocycles. The number of piperidine rings is 1. The molecule has 0 aliphatic carbocycles. The number of carbonyl (C=O) groups is 1. The molecule has 19 heavy (non-hydrogen) atoms. The van der Waals surface area contributed by atoms with Crippen LogP contribution in [-0.4, -0.2) is 43.6 Å². The van der Waals surface area contributed by atoms with E-state index in [0.717, 1.165) is 43.1 Å². The second-order valence-corrected chi connectivity index (χ2v) is 5.27. The first-order chi connectivity index (χ1) is 9.20. The maximum atomic E-state index is 11.3. The molecular formula is C14H19N3O2. The van der Waals surface area contributed by atoms with Crippen molar-refractivity contribution in [1.82, 2.24) is 4.90 Å². The third-order valence-corrected chi connectivity index (χ3v) is 3.70. The molecule has 0 spiro atoms. The van der Waals surface area contributed by atoms with E-state index in [1.54, 1.807) is 0 Å². The molecule has 102 valence electrons. The van der Waals surface area contributed by atoms with Crippen LogP contribution in [0.4, 0.5) is 11.4 Å². The zero-order chi connectivity index (χ0) is 13.2. The van der Waals surface area contributed by atoms with E-state index in [1.165, 1.54) is 0 Å². The van der Waals surface area contributed by atoms with Crippen molar-refractivity contribution in [3.05, 3.63) is 18.2 Å². The lowest BCUT2D eigenvalue weighted by atomic mass is 10.1. The predicted molar refractivity (Wildman–Crippen MR) is 74.7 cm³/mol. The third-order valence-electron chi connectivity index (χ3n) is 3.70. The normalized spacial score (nSPS) is 20.4. The van der Waals surface area contributed by atoms with Gasteiger partial charge < -0.3 is 20.3 Å². The Morgan fingerprint density at radius 2 is 2.16 bits per heavy atom. The van der Waals surface area contributed by atoms with Gasteiger partial charge >= 0.3 is 0 Å². The molecule has 0 unspecified atom stereocenters. The summed E-state index contributed by atoms with van der Waals surface area (Å²) in [5, 5.41) is 6.37. The molecule has 1 saturated heterocycles. The second-order valence-electron chi connectivity index (χ2n) is 5.27. The molecule has 2 heterocycles. The number of ether oxygens (including phenoxy) is 1. The van der Waals surface area contributed by atoms with Gasteiger partial charge in [-0.25, -0.2) is 0 Å². The molecule has 0 saturated carbocycles. The van der Waals surface area contributed by atoms with Gasteiger partial charge in [0, 0.05) is 11.7 Å². The fraction of sp³-hybridized carbons (Fsp3) is 0.500. The smallest absolute Gasteiger partial charge is 0.262 e. The van der Waals surface area contributed by atoms with E-state index in [0.29, 0.717) is 6.04 Å². The van der Waals surface area contributed by atoms with Crippen molar-refractivity contribution in [3.8, 4) is 5.75 Å². The summed E-state index contributed by atoms with van der Waals surface area (Å²) in [6.07, 6.45) is 2.30. The number of hydrogen-bond acceptors (Lipinski definition) is 4. The van der Waals surface area contributed by atoms with Crippen molar-refractivity contribution in [2.24, 2.45) is 0 Å². The van der Waals surface area contributed by atoms with Crippen LogP contribution in [0.5, 0.6) is 5.75 Å². The van der Waals surface area contributed by atoms with E-state index in [2.05, 4.69) is 22.6 Å². The van der Waals surface area contributed by atoms with Crippen molar-refractivity contribution in [3.63, 3.8) is 0 Å². The van der Waals surface area contributed by atoms with E-state index in [1.807, 2.05) is 18.2 Å². The summed E-state index contributed by atoms with van der Waals surface area (Å²) in [4.78, 5) is 13.6. The maximum absolute atomic E-state index is 11.3. The van der Waals surface area contributed by atoms with Crippen LogP contribution in [-0.2, 0) is 4.79 Å². The molecule has 3 rings (SSSR count). The van der Waals surface area contributed by atoms with Crippen LogP contribution in [0.15, 0.2) is 18.2 Å². The van der Waals surface area contributed by atoms with Crippen LogP contribution in [0.2, 0.25) is 0 Å². The number of nitrogens with zero attached hydrogens (tertiary/aromatic N) is 1. The molecule has 0 bridgehead atoms. The Balaban J connectivity index is 1.68. The summed E-state index contributed by atoms with van der Waals surface area (Å²) < 4.78 is 5.35. The summed E-state index contributed by atoms with van der Waals surface area (Å²) in [5.74, 6) is 0.650. The molecule has 0 atom stereocenters. The number of likely N-dealkylation sites (tertiary alicyclic amines) is 1. The van der Waals surface area contributed by atoms with E-state index < -0.39 is 0 Å². The zero-order valence-corrected chi connectivity index (χ0v) is 11.1. The van der Waals surface area contributed by atoms with Crippen LogP contribution >= 0.6 is 0 Å². The maximum Gasteiger partial charge on any atom is 0.262 e. The molecule has 1 fully saturated rings. The van der Waals surface area contributed by atoms with Gasteiger partial charge in [-0.2, -0.15) is 0 Å². The standard InChI is InChI=1S/C14H19N3O2/c1-17-6-4-10(5-7-17)15-11-2-3-13-12(8-11)16-14(18)9-19-13/h2-3,8,10,15H,4-7,9H2,1H3,(H,16,18). The van der Waals surface area contributed by atoms with Gasteiger partial charge in [-0.1, -0.05) is 0 Å². The quantitative estimate of drug-likeness (QED) is 0.847. The molecule has 5 nitrogen and oxygen atoms in total. The number of rotatable bonds is 2. The van der Waals surface area contributed by atoms with Gasteiger partial charge in [0.05, 0.1) is 5.69 Å². The summed E-state index contributed by atoms with van der Waals surface area (Å²) in [6, 6.07) is 6.38. The van der Waals surface area contributed by atoms with Crippen LogP contribution in [0.1, 0.15) is 12.8 Å². The number of carbonyl (C=O) groups excluding carboxylic acids is 1. The Bertz CT molecular complexity index is 482. The van der Waals surface area contributed by atoms with E-state index in [4.69, 9.17) is 4.74 Å². The Kier molecular flexibility index (Phi) is 3.29. The number of amides is 1. The number of anilines is 2. The second kappa shape index (κ2) is 5.09. The van der Waals surface area contributed by atoms with Crippen LogP contribution in [0, 0.1) is 0 Å². The van der Waals surface area contributed by atoms with Gasteiger partial charge in [0.15, 0.2) is 6.61 Å². The van der Waals surface area contributed by atoms with Crippen molar-refractivity contribution >= 4 is 17.3 Å². The highest BCUT2D eigenvalue weighted by Crippen LogP contribution is 2.31. The molecule has 2 aliphatic rings. The lowest BCUT2D eigenvalue weighted by molar-refractivity contribution is -0.118. The minimum Gasteiger partial charge on any atom is -0.482 e. The number of nitrogens with one attached hydrogen (secondary N) is 2. The Labute approximate surface area is 112 Å². The fourth-order valence-electron chi connectivity index (χ4n) is 2.56. The summed E-state index contributed by atoms with van der Waals surface area (Å²) in [5.41, 5.74) is 1.80. The Hall–Kier alpha value is -1.75. The molecule has 1 aromatic carbocycles. The molecule has 0 radical (unpaired) electrons. The number of fused-ring (bicyclic) bond motifs is 1. The van der Waals surface area contributed by atoms with Crippen molar-refractivity contribution in [2.75, 3.05) is 37.4 Å². The topological polar surface area (TPSA) is 53.6 Å². The first-order valence-corrected chi connectivity index (χ1v) is 6.72. The fourth-order valence-corrected chi connectivity index (χ4v) is 2.56. The Morgan fingerprint density at radius 1 is 1.37 bits per heavy atom. The third kappa shape index (κ3) is 2.81. The number of benzene rings is 1. The Morgan fingerprint density at radius 3 is 2.95 bits per heavy atom. The first kappa shape index (κ1) is 12.3. The zero-order valence-electron chi connectivity index (χ0n) is 11.1. The van der Waals surface area contributed by atoms with Crippen molar-refractivity contribution in [2.45, 2.75) is 18.9 Å². The summed E-state index contributed by atoms with van der Waals surface area (Å²) in [7, 11) is 2.15. The number of hydrogen-bond donors (Lipinski definition) is 2. The van der Waals surface area contributed by atoms with Gasteiger partial charge in [-0.05, 0) is 51.2 Å². The SMILES string of the molecule is CN1CCC(Nc2ccc3c(c2)NC(=O)CO3)CC1. The highest BCUT2D eigenvalue weighted by Gasteiger charge is 2.19. The lowest BCUT2D eigenvalue weighted by Crippen LogP contribution is -2.36. The van der Waals surface area contributed by atoms with Crippen LogP contribution in [0.3, 0.4) is 0 Å². The lowest BCUT2D eigenvalue weighted by Gasteiger charge is -2.30. The summed E-state index contributed by atoms with van der Waals surface area (Å²) >= 11 is 0. The van der Waals surface area contributed by atoms with Gasteiger partial charge in [-0.15, -0.1) is 0 Å². The highest BCUT2D eigenvalue weighted by molar-refractivity contribution is 5.96. The van der Waals surface area contributed by atoms with Gasteiger partial charge in [0.2, 0.25) is 0 Å². The molecule has 1 amide bonds. The van der Waals surface area contributed by atoms with E-state index in [9.17, 15) is 4.79 Å². The van der Waals surface area contributed by atoms with Crippen LogP contribution in [0.25, 0.3) is 0 Å². The highest BCUT2D eigenvalue weighted by atomic mass is 16.5. The molecular weight excluding hydrogens is 242 g/mol. The van der Waals surface area contributed by atoms with Crippen molar-refractivity contribution < 1.29 is 9.53 Å².